The Labute approximate surface area is 110 Å². The molecule has 0 aliphatic carbocycles. The Bertz CT molecular complexity index is 538. The smallest absolute Gasteiger partial charge is 0.338 e. The van der Waals surface area contributed by atoms with E-state index in [-0.39, 0.29) is 5.97 Å². The number of thiazole rings is 1. The van der Waals surface area contributed by atoms with Crippen molar-refractivity contribution >= 4 is 23.0 Å². The van der Waals surface area contributed by atoms with Gasteiger partial charge < -0.3 is 10.1 Å². The van der Waals surface area contributed by atoms with Crippen molar-refractivity contribution in [3.8, 4) is 0 Å². The lowest BCUT2D eigenvalue weighted by Gasteiger charge is -2.11. The van der Waals surface area contributed by atoms with E-state index in [2.05, 4.69) is 10.3 Å². The summed E-state index contributed by atoms with van der Waals surface area (Å²) in [5.74, 6) is -0.314. The van der Waals surface area contributed by atoms with Crippen LogP contribution in [0.3, 0.4) is 0 Å². The number of ether oxygens (including phenoxy) is 1. The van der Waals surface area contributed by atoms with Gasteiger partial charge in [0.15, 0.2) is 0 Å². The summed E-state index contributed by atoms with van der Waals surface area (Å²) >= 11 is 1.60. The molecule has 0 unspecified atom stereocenters. The van der Waals surface area contributed by atoms with Gasteiger partial charge in [-0.15, -0.1) is 11.3 Å². The quantitative estimate of drug-likeness (QED) is 0.861. The summed E-state index contributed by atoms with van der Waals surface area (Å²) in [7, 11) is 1.39. The highest BCUT2D eigenvalue weighted by Crippen LogP contribution is 2.20. The predicted octanol–water partition coefficient (Wildman–Crippen LogP) is 2.85. The molecule has 1 aromatic heterocycles. The van der Waals surface area contributed by atoms with Crippen molar-refractivity contribution in [2.45, 2.75) is 13.5 Å². The standard InChI is InChI=1S/C13H14N2O2S/c1-9-10(13(16)17-2)4-3-5-11(9)15-8-12-14-6-7-18-12/h3-7,15H,8H2,1-2H3. The van der Waals surface area contributed by atoms with Crippen molar-refractivity contribution < 1.29 is 9.53 Å². The van der Waals surface area contributed by atoms with Crippen molar-refractivity contribution in [1.29, 1.82) is 0 Å². The Hall–Kier alpha value is -1.88. The van der Waals surface area contributed by atoms with Gasteiger partial charge in [0.1, 0.15) is 5.01 Å². The van der Waals surface area contributed by atoms with Gasteiger partial charge >= 0.3 is 5.97 Å². The molecule has 0 atom stereocenters. The molecule has 5 heteroatoms. The summed E-state index contributed by atoms with van der Waals surface area (Å²) in [5, 5.41) is 6.23. The number of nitrogens with one attached hydrogen (secondary N) is 1. The molecular weight excluding hydrogens is 248 g/mol. The minimum absolute atomic E-state index is 0.314. The second-order valence-electron chi connectivity index (χ2n) is 3.75. The zero-order valence-electron chi connectivity index (χ0n) is 10.3. The van der Waals surface area contributed by atoms with Crippen LogP contribution in [0, 0.1) is 6.92 Å². The van der Waals surface area contributed by atoms with Crippen LogP contribution in [-0.2, 0) is 11.3 Å². The Balaban J connectivity index is 2.16. The van der Waals surface area contributed by atoms with Gasteiger partial charge in [-0.2, -0.15) is 0 Å². The third-order valence-electron chi connectivity index (χ3n) is 2.65. The Kier molecular flexibility index (Phi) is 3.94. The molecule has 18 heavy (non-hydrogen) atoms. The molecule has 0 radical (unpaired) electrons. The van der Waals surface area contributed by atoms with E-state index < -0.39 is 0 Å². The molecule has 0 fully saturated rings. The van der Waals surface area contributed by atoms with Gasteiger partial charge in [0, 0.05) is 17.3 Å². The first-order valence-corrected chi connectivity index (χ1v) is 6.40. The predicted molar refractivity (Wildman–Crippen MR) is 72.0 cm³/mol. The van der Waals surface area contributed by atoms with E-state index in [0.29, 0.717) is 12.1 Å². The van der Waals surface area contributed by atoms with Crippen molar-refractivity contribution in [2.75, 3.05) is 12.4 Å². The fraction of sp³-hybridized carbons (Fsp3) is 0.231. The molecular formula is C13H14N2O2S. The van der Waals surface area contributed by atoms with E-state index >= 15 is 0 Å². The summed E-state index contributed by atoms with van der Waals surface area (Å²) in [6, 6.07) is 5.54. The first kappa shape index (κ1) is 12.6. The monoisotopic (exact) mass is 262 g/mol. The third kappa shape index (κ3) is 2.68. The Morgan fingerprint density at radius 1 is 1.50 bits per heavy atom. The number of nitrogens with zero attached hydrogens (tertiary/aromatic N) is 1. The highest BCUT2D eigenvalue weighted by atomic mass is 32.1. The number of hydrogen-bond acceptors (Lipinski definition) is 5. The number of carbonyl (C=O) groups is 1. The van der Waals surface area contributed by atoms with Gasteiger partial charge in [0.2, 0.25) is 0 Å². The fourth-order valence-corrected chi connectivity index (χ4v) is 2.23. The van der Waals surface area contributed by atoms with E-state index in [4.69, 9.17) is 4.74 Å². The van der Waals surface area contributed by atoms with Crippen molar-refractivity contribution in [1.82, 2.24) is 4.98 Å². The molecule has 0 saturated heterocycles. The molecule has 1 N–H and O–H groups in total. The average molecular weight is 262 g/mol. The zero-order valence-corrected chi connectivity index (χ0v) is 11.1. The number of rotatable bonds is 4. The number of carbonyl (C=O) groups excluding carboxylic acids is 1. The van der Waals surface area contributed by atoms with E-state index in [1.807, 2.05) is 24.4 Å². The molecule has 94 valence electrons. The van der Waals surface area contributed by atoms with Crippen molar-refractivity contribution in [3.63, 3.8) is 0 Å². The van der Waals surface area contributed by atoms with Crippen LogP contribution in [0.4, 0.5) is 5.69 Å². The molecule has 1 aromatic carbocycles. The normalized spacial score (nSPS) is 10.1. The lowest BCUT2D eigenvalue weighted by Crippen LogP contribution is -2.07. The average Bonchev–Trinajstić information content (AvgIpc) is 2.90. The second-order valence-corrected chi connectivity index (χ2v) is 4.73. The highest BCUT2D eigenvalue weighted by molar-refractivity contribution is 7.09. The van der Waals surface area contributed by atoms with Crippen LogP contribution in [0.15, 0.2) is 29.8 Å². The lowest BCUT2D eigenvalue weighted by atomic mass is 10.1. The van der Waals surface area contributed by atoms with Gasteiger partial charge in [0.05, 0.1) is 19.2 Å². The molecule has 4 nitrogen and oxygen atoms in total. The maximum absolute atomic E-state index is 11.6. The molecule has 0 spiro atoms. The fourth-order valence-electron chi connectivity index (χ4n) is 1.67. The van der Waals surface area contributed by atoms with Gasteiger partial charge in [0.25, 0.3) is 0 Å². The molecule has 0 aliphatic rings. The maximum Gasteiger partial charge on any atom is 0.338 e. The number of esters is 1. The highest BCUT2D eigenvalue weighted by Gasteiger charge is 2.11. The molecule has 0 amide bonds. The lowest BCUT2D eigenvalue weighted by molar-refractivity contribution is 0.0600. The first-order chi connectivity index (χ1) is 8.72. The molecule has 0 bridgehead atoms. The third-order valence-corrected chi connectivity index (χ3v) is 3.43. The van der Waals surface area contributed by atoms with Crippen LogP contribution >= 0.6 is 11.3 Å². The van der Waals surface area contributed by atoms with Crippen LogP contribution in [0.25, 0.3) is 0 Å². The minimum Gasteiger partial charge on any atom is -0.465 e. The summed E-state index contributed by atoms with van der Waals surface area (Å²) in [5.41, 5.74) is 2.40. The summed E-state index contributed by atoms with van der Waals surface area (Å²) in [6.07, 6.45) is 1.78. The van der Waals surface area contributed by atoms with Gasteiger partial charge in [-0.1, -0.05) is 6.07 Å². The minimum atomic E-state index is -0.314. The van der Waals surface area contributed by atoms with E-state index in [1.54, 1.807) is 23.6 Å². The molecule has 0 saturated carbocycles. The van der Waals surface area contributed by atoms with E-state index in [9.17, 15) is 4.79 Å². The largest absolute Gasteiger partial charge is 0.465 e. The second kappa shape index (κ2) is 5.64. The maximum atomic E-state index is 11.6. The van der Waals surface area contributed by atoms with E-state index in [1.165, 1.54) is 7.11 Å². The number of hydrogen-bond donors (Lipinski definition) is 1. The van der Waals surface area contributed by atoms with Gasteiger partial charge in [-0.05, 0) is 24.6 Å². The molecule has 2 aromatic rings. The van der Waals surface area contributed by atoms with Crippen LogP contribution in [0.1, 0.15) is 20.9 Å². The van der Waals surface area contributed by atoms with Crippen LogP contribution in [-0.4, -0.2) is 18.1 Å². The van der Waals surface area contributed by atoms with E-state index in [0.717, 1.165) is 16.3 Å². The Morgan fingerprint density at radius 3 is 3.00 bits per heavy atom. The number of aromatic nitrogens is 1. The summed E-state index contributed by atoms with van der Waals surface area (Å²) in [6.45, 7) is 2.56. The number of methoxy groups -OCH3 is 1. The topological polar surface area (TPSA) is 51.2 Å². The summed E-state index contributed by atoms with van der Waals surface area (Å²) < 4.78 is 4.75. The number of anilines is 1. The van der Waals surface area contributed by atoms with Crippen LogP contribution < -0.4 is 5.32 Å². The molecule has 1 heterocycles. The van der Waals surface area contributed by atoms with Crippen LogP contribution in [0.2, 0.25) is 0 Å². The van der Waals surface area contributed by atoms with Gasteiger partial charge in [-0.25, -0.2) is 9.78 Å². The first-order valence-electron chi connectivity index (χ1n) is 5.52. The molecule has 0 aliphatic heterocycles. The number of benzene rings is 1. The molecule has 2 rings (SSSR count). The van der Waals surface area contributed by atoms with Crippen molar-refractivity contribution in [3.05, 3.63) is 45.9 Å². The zero-order chi connectivity index (χ0) is 13.0. The van der Waals surface area contributed by atoms with Crippen LogP contribution in [0.5, 0.6) is 0 Å². The summed E-state index contributed by atoms with van der Waals surface area (Å²) in [4.78, 5) is 15.8. The Morgan fingerprint density at radius 2 is 2.33 bits per heavy atom. The van der Waals surface area contributed by atoms with Crippen molar-refractivity contribution in [2.24, 2.45) is 0 Å². The SMILES string of the molecule is COC(=O)c1cccc(NCc2nccs2)c1C. The van der Waals surface area contributed by atoms with Gasteiger partial charge in [-0.3, -0.25) is 0 Å².